The minimum Gasteiger partial charge on any atom is -0.495 e. The minimum absolute atomic E-state index is 0.0591. The van der Waals surface area contributed by atoms with E-state index in [0.29, 0.717) is 23.7 Å². The molecule has 0 heterocycles. The number of carbonyl (C=O) groups is 2. The number of amides is 2. The quantitative estimate of drug-likeness (QED) is 0.819. The smallest absolute Gasteiger partial charge is 0.250 e. The van der Waals surface area contributed by atoms with Gasteiger partial charge >= 0.3 is 0 Å². The molecule has 126 valence electrons. The van der Waals surface area contributed by atoms with Crippen molar-refractivity contribution in [2.45, 2.75) is 13.5 Å². The van der Waals surface area contributed by atoms with E-state index in [1.807, 2.05) is 30.3 Å². The van der Waals surface area contributed by atoms with Gasteiger partial charge in [0.2, 0.25) is 11.8 Å². The van der Waals surface area contributed by atoms with E-state index in [0.717, 1.165) is 5.56 Å². The Labute approximate surface area is 140 Å². The third-order valence-electron chi connectivity index (χ3n) is 3.14. The van der Waals surface area contributed by atoms with E-state index in [1.165, 1.54) is 14.0 Å². The van der Waals surface area contributed by atoms with E-state index in [1.54, 1.807) is 18.2 Å². The van der Waals surface area contributed by atoms with Crippen LogP contribution >= 0.6 is 0 Å². The van der Waals surface area contributed by atoms with Crippen molar-refractivity contribution in [2.75, 3.05) is 24.4 Å². The summed E-state index contributed by atoms with van der Waals surface area (Å²) in [6, 6.07) is 14.6. The molecule has 0 spiro atoms. The molecular weight excluding hydrogens is 308 g/mol. The van der Waals surface area contributed by atoms with Gasteiger partial charge in [0.05, 0.1) is 19.4 Å². The molecular formula is C18H20N2O4. The first-order chi connectivity index (χ1) is 11.6. The molecule has 0 aliphatic rings. The Hall–Kier alpha value is -2.86. The molecule has 2 aromatic rings. The van der Waals surface area contributed by atoms with Gasteiger partial charge in [0, 0.05) is 12.6 Å². The van der Waals surface area contributed by atoms with Crippen LogP contribution in [0.4, 0.5) is 11.4 Å². The molecule has 0 saturated heterocycles. The Morgan fingerprint density at radius 3 is 2.46 bits per heavy atom. The van der Waals surface area contributed by atoms with Crippen molar-refractivity contribution in [3.63, 3.8) is 0 Å². The number of nitrogens with one attached hydrogen (secondary N) is 2. The molecule has 0 atom stereocenters. The van der Waals surface area contributed by atoms with E-state index in [9.17, 15) is 9.59 Å². The molecule has 0 unspecified atom stereocenters. The lowest BCUT2D eigenvalue weighted by Gasteiger charge is -2.12. The van der Waals surface area contributed by atoms with Gasteiger partial charge in [-0.15, -0.1) is 0 Å². The maximum atomic E-state index is 11.9. The Balaban J connectivity index is 1.90. The molecule has 24 heavy (non-hydrogen) atoms. The lowest BCUT2D eigenvalue weighted by atomic mass is 10.2. The number of hydrogen-bond donors (Lipinski definition) is 2. The van der Waals surface area contributed by atoms with Crippen LogP contribution in [-0.4, -0.2) is 25.5 Å². The molecule has 6 heteroatoms. The van der Waals surface area contributed by atoms with Crippen LogP contribution in [0.3, 0.4) is 0 Å². The second-order valence-corrected chi connectivity index (χ2v) is 5.12. The Bertz CT molecular complexity index is 701. The maximum absolute atomic E-state index is 11.9. The van der Waals surface area contributed by atoms with E-state index in [2.05, 4.69) is 10.6 Å². The number of anilines is 2. The molecule has 2 aromatic carbocycles. The van der Waals surface area contributed by atoms with Crippen LogP contribution in [0.15, 0.2) is 48.5 Å². The van der Waals surface area contributed by atoms with Crippen LogP contribution in [0, 0.1) is 0 Å². The SMILES string of the molecule is COc1ccc(NC(=O)COCc2ccccc2)cc1NC(C)=O. The van der Waals surface area contributed by atoms with Crippen molar-refractivity contribution < 1.29 is 19.1 Å². The van der Waals surface area contributed by atoms with Gasteiger partial charge in [0.15, 0.2) is 0 Å². The first kappa shape index (κ1) is 17.5. The summed E-state index contributed by atoms with van der Waals surface area (Å²) in [4.78, 5) is 23.2. The highest BCUT2D eigenvalue weighted by Crippen LogP contribution is 2.27. The second-order valence-electron chi connectivity index (χ2n) is 5.12. The van der Waals surface area contributed by atoms with Gasteiger partial charge in [-0.25, -0.2) is 0 Å². The van der Waals surface area contributed by atoms with Gasteiger partial charge in [-0.2, -0.15) is 0 Å². The normalized spacial score (nSPS) is 10.1. The fourth-order valence-electron chi connectivity index (χ4n) is 2.11. The van der Waals surface area contributed by atoms with Gasteiger partial charge < -0.3 is 20.1 Å². The second kappa shape index (κ2) is 8.69. The van der Waals surface area contributed by atoms with Gasteiger partial charge in [-0.05, 0) is 23.8 Å². The van der Waals surface area contributed by atoms with Crippen LogP contribution in [0.1, 0.15) is 12.5 Å². The molecule has 2 N–H and O–H groups in total. The molecule has 0 radical (unpaired) electrons. The van der Waals surface area contributed by atoms with E-state index >= 15 is 0 Å². The number of carbonyl (C=O) groups excluding carboxylic acids is 2. The third kappa shape index (κ3) is 5.40. The van der Waals surface area contributed by atoms with Crippen molar-refractivity contribution >= 4 is 23.2 Å². The molecule has 0 aromatic heterocycles. The van der Waals surface area contributed by atoms with Crippen LogP contribution in [0.5, 0.6) is 5.75 Å². The highest BCUT2D eigenvalue weighted by Gasteiger charge is 2.08. The monoisotopic (exact) mass is 328 g/mol. The first-order valence-corrected chi connectivity index (χ1v) is 7.45. The van der Waals surface area contributed by atoms with Crippen molar-refractivity contribution in [1.82, 2.24) is 0 Å². The zero-order valence-corrected chi connectivity index (χ0v) is 13.7. The fourth-order valence-corrected chi connectivity index (χ4v) is 2.11. The molecule has 0 bridgehead atoms. The number of methoxy groups -OCH3 is 1. The van der Waals surface area contributed by atoms with Gasteiger partial charge in [-0.1, -0.05) is 30.3 Å². The predicted octanol–water partition coefficient (Wildman–Crippen LogP) is 2.81. The summed E-state index contributed by atoms with van der Waals surface area (Å²) < 4.78 is 10.6. The average Bonchev–Trinajstić information content (AvgIpc) is 2.55. The van der Waals surface area contributed by atoms with Crippen LogP contribution in [0.25, 0.3) is 0 Å². The summed E-state index contributed by atoms with van der Waals surface area (Å²) in [5.41, 5.74) is 2.04. The largest absolute Gasteiger partial charge is 0.495 e. The van der Waals surface area contributed by atoms with Crippen LogP contribution in [-0.2, 0) is 20.9 Å². The summed E-state index contributed by atoms with van der Waals surface area (Å²) in [6.07, 6.45) is 0. The zero-order valence-electron chi connectivity index (χ0n) is 13.7. The molecule has 6 nitrogen and oxygen atoms in total. The summed E-state index contributed by atoms with van der Waals surface area (Å²) in [5.74, 6) is 0.0244. The number of rotatable bonds is 7. The van der Waals surface area contributed by atoms with Gasteiger partial charge in [0.25, 0.3) is 0 Å². The number of ether oxygens (including phenoxy) is 2. The average molecular weight is 328 g/mol. The first-order valence-electron chi connectivity index (χ1n) is 7.45. The lowest BCUT2D eigenvalue weighted by Crippen LogP contribution is -2.18. The van der Waals surface area contributed by atoms with Gasteiger partial charge in [0.1, 0.15) is 12.4 Å². The summed E-state index contributed by atoms with van der Waals surface area (Å²) >= 11 is 0. The predicted molar refractivity (Wildman–Crippen MR) is 92.0 cm³/mol. The van der Waals surface area contributed by atoms with Crippen molar-refractivity contribution in [1.29, 1.82) is 0 Å². The van der Waals surface area contributed by atoms with Crippen molar-refractivity contribution in [3.05, 3.63) is 54.1 Å². The fraction of sp³-hybridized carbons (Fsp3) is 0.222. The van der Waals surface area contributed by atoms with E-state index in [-0.39, 0.29) is 18.4 Å². The Kier molecular flexibility index (Phi) is 6.33. The topological polar surface area (TPSA) is 76.7 Å². The number of benzene rings is 2. The van der Waals surface area contributed by atoms with E-state index < -0.39 is 0 Å². The van der Waals surface area contributed by atoms with Crippen LogP contribution < -0.4 is 15.4 Å². The molecule has 0 saturated carbocycles. The third-order valence-corrected chi connectivity index (χ3v) is 3.14. The highest BCUT2D eigenvalue weighted by atomic mass is 16.5. The lowest BCUT2D eigenvalue weighted by molar-refractivity contribution is -0.121. The summed E-state index contributed by atoms with van der Waals surface area (Å²) in [5, 5.41) is 5.38. The molecule has 0 aliphatic carbocycles. The molecule has 0 aliphatic heterocycles. The van der Waals surface area contributed by atoms with Crippen molar-refractivity contribution in [2.24, 2.45) is 0 Å². The van der Waals surface area contributed by atoms with E-state index in [4.69, 9.17) is 9.47 Å². The van der Waals surface area contributed by atoms with Gasteiger partial charge in [-0.3, -0.25) is 9.59 Å². The minimum atomic E-state index is -0.273. The molecule has 0 fully saturated rings. The molecule has 2 amide bonds. The van der Waals surface area contributed by atoms with Crippen LogP contribution in [0.2, 0.25) is 0 Å². The summed E-state index contributed by atoms with van der Waals surface area (Å²) in [7, 11) is 1.51. The van der Waals surface area contributed by atoms with Crippen molar-refractivity contribution in [3.8, 4) is 5.75 Å². The number of hydrogen-bond acceptors (Lipinski definition) is 4. The Morgan fingerprint density at radius 1 is 1.04 bits per heavy atom. The maximum Gasteiger partial charge on any atom is 0.250 e. The highest BCUT2D eigenvalue weighted by molar-refractivity contribution is 5.95. The summed E-state index contributed by atoms with van der Waals surface area (Å²) in [6.45, 7) is 1.71. The zero-order chi connectivity index (χ0) is 17.4. The standard InChI is InChI=1S/C18H20N2O4/c1-13(21)19-16-10-15(8-9-17(16)23-2)20-18(22)12-24-11-14-6-4-3-5-7-14/h3-10H,11-12H2,1-2H3,(H,19,21)(H,20,22). The molecule has 2 rings (SSSR count). The Morgan fingerprint density at radius 2 is 1.79 bits per heavy atom.